The first-order valence-electron chi connectivity index (χ1n) is 7.72. The van der Waals surface area contributed by atoms with E-state index in [-0.39, 0.29) is 11.3 Å². The van der Waals surface area contributed by atoms with Gasteiger partial charge < -0.3 is 15.3 Å². The fourth-order valence-electron chi connectivity index (χ4n) is 2.83. The standard InChI is InChI=1S/C14H17N5O7/c1-3-4-5-15-11-9-6-8(17(21)22)7-10(18(23)24)12(9)16(2)14(20)13(11)19(25)26/h6-7,11,15,20H,3-5H2,1-2H3. The summed E-state index contributed by atoms with van der Waals surface area (Å²) in [5, 5.41) is 47.1. The maximum atomic E-state index is 11.5. The molecular formula is C14H17N5O7. The van der Waals surface area contributed by atoms with Gasteiger partial charge in [0.2, 0.25) is 0 Å². The largest absolute Gasteiger partial charge is 0.490 e. The number of non-ortho nitro benzene ring substituents is 1. The van der Waals surface area contributed by atoms with Crippen LogP contribution in [0.5, 0.6) is 0 Å². The minimum absolute atomic E-state index is 0.00555. The summed E-state index contributed by atoms with van der Waals surface area (Å²) < 4.78 is 0. The molecule has 140 valence electrons. The molecule has 1 aliphatic rings. The van der Waals surface area contributed by atoms with Crippen LogP contribution in [0.4, 0.5) is 17.1 Å². The van der Waals surface area contributed by atoms with E-state index in [1.165, 1.54) is 7.05 Å². The van der Waals surface area contributed by atoms with E-state index in [1.807, 2.05) is 6.92 Å². The number of anilines is 1. The van der Waals surface area contributed by atoms with E-state index in [2.05, 4.69) is 5.32 Å². The lowest BCUT2D eigenvalue weighted by molar-refractivity contribution is -0.434. The number of aliphatic hydroxyl groups is 1. The quantitative estimate of drug-likeness (QED) is 0.418. The molecule has 0 aliphatic carbocycles. The van der Waals surface area contributed by atoms with Gasteiger partial charge in [-0.25, -0.2) is 0 Å². The Morgan fingerprint density at radius 3 is 2.31 bits per heavy atom. The Labute approximate surface area is 147 Å². The van der Waals surface area contributed by atoms with Crippen molar-refractivity contribution in [2.45, 2.75) is 25.8 Å². The van der Waals surface area contributed by atoms with Crippen molar-refractivity contribution in [3.8, 4) is 0 Å². The van der Waals surface area contributed by atoms with Crippen LogP contribution in [0.15, 0.2) is 23.7 Å². The molecule has 0 saturated heterocycles. The molecule has 12 nitrogen and oxygen atoms in total. The van der Waals surface area contributed by atoms with Gasteiger partial charge in [0.1, 0.15) is 11.7 Å². The number of nitrogens with zero attached hydrogens (tertiary/aromatic N) is 4. The molecule has 1 aliphatic heterocycles. The summed E-state index contributed by atoms with van der Waals surface area (Å²) in [7, 11) is 1.22. The zero-order valence-corrected chi connectivity index (χ0v) is 14.0. The summed E-state index contributed by atoms with van der Waals surface area (Å²) in [5.41, 5.74) is -1.93. The van der Waals surface area contributed by atoms with Gasteiger partial charge in [0, 0.05) is 18.7 Å². The van der Waals surface area contributed by atoms with Gasteiger partial charge in [-0.15, -0.1) is 0 Å². The van der Waals surface area contributed by atoms with Gasteiger partial charge in [-0.1, -0.05) is 13.3 Å². The lowest BCUT2D eigenvalue weighted by atomic mass is 9.95. The van der Waals surface area contributed by atoms with Gasteiger partial charge in [-0.3, -0.25) is 30.3 Å². The van der Waals surface area contributed by atoms with Crippen LogP contribution in [0.2, 0.25) is 0 Å². The molecule has 0 saturated carbocycles. The smallest absolute Gasteiger partial charge is 0.326 e. The highest BCUT2D eigenvalue weighted by Gasteiger charge is 2.44. The third-order valence-corrected chi connectivity index (χ3v) is 4.05. The highest BCUT2D eigenvalue weighted by molar-refractivity contribution is 5.76. The molecule has 1 aromatic rings. The van der Waals surface area contributed by atoms with Crippen molar-refractivity contribution in [2.75, 3.05) is 18.5 Å². The van der Waals surface area contributed by atoms with Crippen LogP contribution in [0, 0.1) is 30.3 Å². The monoisotopic (exact) mass is 367 g/mol. The molecule has 1 atom stereocenters. The average Bonchev–Trinajstić information content (AvgIpc) is 2.57. The summed E-state index contributed by atoms with van der Waals surface area (Å²) in [6, 6.07) is 0.600. The van der Waals surface area contributed by atoms with Crippen LogP contribution in [0.1, 0.15) is 31.4 Å². The summed E-state index contributed by atoms with van der Waals surface area (Å²) in [6.45, 7) is 2.23. The van der Waals surface area contributed by atoms with Crippen LogP contribution in [-0.2, 0) is 0 Å². The van der Waals surface area contributed by atoms with E-state index in [4.69, 9.17) is 0 Å². The summed E-state index contributed by atoms with van der Waals surface area (Å²) in [4.78, 5) is 32.4. The number of nitrogens with one attached hydrogen (secondary N) is 1. The number of nitro groups is 3. The highest BCUT2D eigenvalue weighted by Crippen LogP contribution is 2.45. The predicted octanol–water partition coefficient (Wildman–Crippen LogP) is 2.39. The molecule has 0 radical (unpaired) electrons. The number of unbranched alkanes of at least 4 members (excludes halogenated alkanes) is 1. The number of rotatable bonds is 7. The van der Waals surface area contributed by atoms with Gasteiger partial charge in [-0.05, 0) is 13.0 Å². The maximum Gasteiger partial charge on any atom is 0.326 e. The molecule has 0 amide bonds. The van der Waals surface area contributed by atoms with Gasteiger partial charge in [0.05, 0.1) is 20.8 Å². The van der Waals surface area contributed by atoms with E-state index in [0.29, 0.717) is 13.0 Å². The Bertz CT molecular complexity index is 807. The fourth-order valence-corrected chi connectivity index (χ4v) is 2.83. The highest BCUT2D eigenvalue weighted by atomic mass is 16.6. The van der Waals surface area contributed by atoms with Crippen LogP contribution in [0.3, 0.4) is 0 Å². The van der Waals surface area contributed by atoms with E-state index < -0.39 is 43.8 Å². The number of aliphatic hydroxyl groups excluding tert-OH is 1. The number of hydrogen-bond acceptors (Lipinski definition) is 9. The van der Waals surface area contributed by atoms with Crippen LogP contribution in [-0.4, -0.2) is 33.5 Å². The van der Waals surface area contributed by atoms with Gasteiger partial charge in [0.25, 0.3) is 17.3 Å². The minimum atomic E-state index is -1.22. The third kappa shape index (κ3) is 3.26. The molecule has 12 heteroatoms. The van der Waals surface area contributed by atoms with Crippen molar-refractivity contribution in [2.24, 2.45) is 0 Å². The second-order valence-electron chi connectivity index (χ2n) is 5.68. The van der Waals surface area contributed by atoms with Gasteiger partial charge in [-0.2, -0.15) is 0 Å². The first-order valence-corrected chi connectivity index (χ1v) is 7.72. The van der Waals surface area contributed by atoms with Crippen molar-refractivity contribution in [3.63, 3.8) is 0 Å². The minimum Gasteiger partial charge on any atom is -0.490 e. The molecule has 26 heavy (non-hydrogen) atoms. The van der Waals surface area contributed by atoms with Gasteiger partial charge >= 0.3 is 5.70 Å². The van der Waals surface area contributed by atoms with E-state index in [1.54, 1.807) is 0 Å². The molecule has 2 rings (SSSR count). The first-order chi connectivity index (χ1) is 12.2. The topological polar surface area (TPSA) is 165 Å². The Balaban J connectivity index is 2.75. The molecule has 1 heterocycles. The average molecular weight is 367 g/mol. The zero-order valence-electron chi connectivity index (χ0n) is 14.0. The lowest BCUT2D eigenvalue weighted by Gasteiger charge is -2.30. The van der Waals surface area contributed by atoms with Crippen LogP contribution >= 0.6 is 0 Å². The number of fused-ring (bicyclic) bond motifs is 1. The summed E-state index contributed by atoms with van der Waals surface area (Å²) in [5.74, 6) is -0.756. The molecule has 1 unspecified atom stereocenters. The van der Waals surface area contributed by atoms with E-state index in [9.17, 15) is 35.4 Å². The molecule has 1 aromatic carbocycles. The molecule has 0 spiro atoms. The Hall–Kier alpha value is -3.28. The zero-order chi connectivity index (χ0) is 19.6. The number of nitro benzene ring substituents is 2. The molecule has 0 bridgehead atoms. The van der Waals surface area contributed by atoms with Crippen LogP contribution < -0.4 is 10.2 Å². The van der Waals surface area contributed by atoms with Crippen LogP contribution in [0.25, 0.3) is 0 Å². The molecular weight excluding hydrogens is 350 g/mol. The van der Waals surface area contributed by atoms with Gasteiger partial charge in [0.15, 0.2) is 0 Å². The Morgan fingerprint density at radius 2 is 1.81 bits per heavy atom. The normalized spacial score (nSPS) is 16.4. The first kappa shape index (κ1) is 19.1. The second-order valence-corrected chi connectivity index (χ2v) is 5.68. The van der Waals surface area contributed by atoms with Crippen molar-refractivity contribution in [1.29, 1.82) is 0 Å². The Morgan fingerprint density at radius 1 is 1.15 bits per heavy atom. The van der Waals surface area contributed by atoms with E-state index >= 15 is 0 Å². The van der Waals surface area contributed by atoms with Crippen molar-refractivity contribution in [1.82, 2.24) is 5.32 Å². The third-order valence-electron chi connectivity index (χ3n) is 4.05. The maximum absolute atomic E-state index is 11.5. The predicted molar refractivity (Wildman–Crippen MR) is 90.5 cm³/mol. The fraction of sp³-hybridized carbons (Fsp3) is 0.429. The van der Waals surface area contributed by atoms with Crippen molar-refractivity contribution in [3.05, 3.63) is 59.6 Å². The lowest BCUT2D eigenvalue weighted by Crippen LogP contribution is -2.36. The second kappa shape index (κ2) is 7.31. The summed E-state index contributed by atoms with van der Waals surface area (Å²) in [6.07, 6.45) is 1.44. The van der Waals surface area contributed by atoms with E-state index in [0.717, 1.165) is 23.5 Å². The number of hydrogen-bond donors (Lipinski definition) is 2. The van der Waals surface area contributed by atoms with Crippen molar-refractivity contribution >= 4 is 17.1 Å². The Kier molecular flexibility index (Phi) is 5.35. The SMILES string of the molecule is CCCCNC1C([N+](=O)[O-])=C(O)N(C)c2c1cc([N+](=O)[O-])cc2[N+](=O)[O-]. The molecule has 2 N–H and O–H groups in total. The number of benzene rings is 1. The summed E-state index contributed by atoms with van der Waals surface area (Å²) >= 11 is 0. The molecule has 0 aromatic heterocycles. The molecule has 0 fully saturated rings. The van der Waals surface area contributed by atoms with Crippen molar-refractivity contribution < 1.29 is 19.9 Å².